The number of pyridine rings is 1. The molecule has 0 radical (unpaired) electrons. The maximum absolute atomic E-state index is 13.5. The zero-order chi connectivity index (χ0) is 18.2. The molecular formula is C25H17FN+. The van der Waals surface area contributed by atoms with Gasteiger partial charge < -0.3 is 0 Å². The molecule has 0 unspecified atom stereocenters. The van der Waals surface area contributed by atoms with Gasteiger partial charge in [-0.1, -0.05) is 54.6 Å². The number of nitrogens with zero attached hydrogens (tertiary/aromatic N) is 1. The molecule has 0 aliphatic carbocycles. The highest BCUT2D eigenvalue weighted by molar-refractivity contribution is 6.07. The van der Waals surface area contributed by atoms with Crippen LogP contribution in [-0.2, 0) is 0 Å². The quantitative estimate of drug-likeness (QED) is 0.268. The Balaban J connectivity index is 1.99. The molecule has 1 heterocycles. The van der Waals surface area contributed by atoms with Crippen LogP contribution in [0.3, 0.4) is 0 Å². The summed E-state index contributed by atoms with van der Waals surface area (Å²) in [7, 11) is 0. The largest absolute Gasteiger partial charge is 0.219 e. The second-order valence-electron chi connectivity index (χ2n) is 6.59. The third-order valence-corrected chi connectivity index (χ3v) is 4.98. The van der Waals surface area contributed by atoms with Crippen LogP contribution in [0.1, 0.15) is 0 Å². The fourth-order valence-corrected chi connectivity index (χ4v) is 3.82. The number of hydrogen-bond acceptors (Lipinski definition) is 0. The van der Waals surface area contributed by atoms with Gasteiger partial charge in [0.15, 0.2) is 0 Å². The zero-order valence-corrected chi connectivity index (χ0v) is 14.6. The average molecular weight is 350 g/mol. The average Bonchev–Trinajstić information content (AvgIpc) is 2.73. The van der Waals surface area contributed by atoms with Crippen molar-refractivity contribution in [1.82, 2.24) is 0 Å². The van der Waals surface area contributed by atoms with E-state index >= 15 is 0 Å². The van der Waals surface area contributed by atoms with Crippen LogP contribution in [0.25, 0.3) is 38.6 Å². The van der Waals surface area contributed by atoms with Crippen molar-refractivity contribution in [2.75, 3.05) is 0 Å². The Bertz CT molecular complexity index is 1200. The number of hydrogen-bond donors (Lipinski definition) is 0. The lowest BCUT2D eigenvalue weighted by molar-refractivity contribution is -0.538. The fourth-order valence-electron chi connectivity index (χ4n) is 3.82. The number of para-hydroxylation sites is 2. The van der Waals surface area contributed by atoms with Crippen molar-refractivity contribution in [2.24, 2.45) is 0 Å². The Labute approximate surface area is 157 Å². The van der Waals surface area contributed by atoms with Gasteiger partial charge >= 0.3 is 0 Å². The Morgan fingerprint density at radius 1 is 0.519 bits per heavy atom. The SMILES string of the molecule is Fc1ccc(-[n+]2c3ccccc3c(-c3ccccc3)c3ccccc32)cc1. The lowest BCUT2D eigenvalue weighted by Crippen LogP contribution is -2.33. The van der Waals surface area contributed by atoms with Crippen LogP contribution in [0.2, 0.25) is 0 Å². The van der Waals surface area contributed by atoms with Crippen LogP contribution in [-0.4, -0.2) is 0 Å². The number of benzene rings is 4. The van der Waals surface area contributed by atoms with Crippen LogP contribution in [0.15, 0.2) is 103 Å². The van der Waals surface area contributed by atoms with Gasteiger partial charge in [0.2, 0.25) is 16.7 Å². The van der Waals surface area contributed by atoms with Crippen LogP contribution >= 0.6 is 0 Å². The predicted molar refractivity (Wildman–Crippen MR) is 108 cm³/mol. The van der Waals surface area contributed by atoms with Gasteiger partial charge in [-0.15, -0.1) is 0 Å². The van der Waals surface area contributed by atoms with Crippen LogP contribution < -0.4 is 4.57 Å². The van der Waals surface area contributed by atoms with E-state index in [4.69, 9.17) is 0 Å². The molecule has 4 aromatic carbocycles. The number of rotatable bonds is 2. The van der Waals surface area contributed by atoms with Crippen molar-refractivity contribution >= 4 is 21.8 Å². The fraction of sp³-hybridized carbons (Fsp3) is 0. The number of halogens is 1. The topological polar surface area (TPSA) is 3.88 Å². The maximum atomic E-state index is 13.5. The van der Waals surface area contributed by atoms with Crippen molar-refractivity contribution in [1.29, 1.82) is 0 Å². The number of fused-ring (bicyclic) bond motifs is 2. The lowest BCUT2D eigenvalue weighted by Gasteiger charge is -2.12. The van der Waals surface area contributed by atoms with Gasteiger partial charge in [0, 0.05) is 29.8 Å². The summed E-state index contributed by atoms with van der Waals surface area (Å²) in [6.45, 7) is 0. The third-order valence-electron chi connectivity index (χ3n) is 4.98. The highest BCUT2D eigenvalue weighted by Gasteiger charge is 2.22. The summed E-state index contributed by atoms with van der Waals surface area (Å²) in [4.78, 5) is 0. The van der Waals surface area contributed by atoms with Gasteiger partial charge in [0.1, 0.15) is 5.82 Å². The van der Waals surface area contributed by atoms with Crippen molar-refractivity contribution in [2.45, 2.75) is 0 Å². The molecule has 0 saturated heterocycles. The molecule has 0 atom stereocenters. The van der Waals surface area contributed by atoms with E-state index in [9.17, 15) is 4.39 Å². The molecule has 27 heavy (non-hydrogen) atoms. The van der Waals surface area contributed by atoms with Gasteiger partial charge in [-0.2, -0.15) is 4.57 Å². The van der Waals surface area contributed by atoms with E-state index in [1.165, 1.54) is 34.0 Å². The maximum Gasteiger partial charge on any atom is 0.219 e. The minimum atomic E-state index is -0.228. The monoisotopic (exact) mass is 350 g/mol. The van der Waals surface area contributed by atoms with E-state index in [2.05, 4.69) is 65.2 Å². The normalized spacial score (nSPS) is 11.1. The summed E-state index contributed by atoms with van der Waals surface area (Å²) in [5, 5.41) is 2.35. The summed E-state index contributed by atoms with van der Waals surface area (Å²) < 4.78 is 15.7. The third kappa shape index (κ3) is 2.58. The molecule has 0 aliphatic rings. The van der Waals surface area contributed by atoms with E-state index in [1.54, 1.807) is 0 Å². The minimum Gasteiger partial charge on any atom is -0.207 e. The highest BCUT2D eigenvalue weighted by atomic mass is 19.1. The Hall–Kier alpha value is -3.52. The van der Waals surface area contributed by atoms with E-state index in [0.29, 0.717) is 0 Å². The predicted octanol–water partition coefficient (Wildman–Crippen LogP) is 6.08. The van der Waals surface area contributed by atoms with Gasteiger partial charge in [0.25, 0.3) is 0 Å². The first kappa shape index (κ1) is 15.7. The highest BCUT2D eigenvalue weighted by Crippen LogP contribution is 2.34. The molecule has 128 valence electrons. The van der Waals surface area contributed by atoms with Crippen molar-refractivity contribution in [3.63, 3.8) is 0 Å². The molecule has 5 rings (SSSR count). The summed E-state index contributed by atoms with van der Waals surface area (Å²) in [5.74, 6) is -0.228. The molecule has 0 spiro atoms. The van der Waals surface area contributed by atoms with Crippen LogP contribution in [0.5, 0.6) is 0 Å². The van der Waals surface area contributed by atoms with E-state index in [1.807, 2.05) is 30.3 Å². The van der Waals surface area contributed by atoms with Crippen LogP contribution in [0, 0.1) is 5.82 Å². The summed E-state index contributed by atoms with van der Waals surface area (Å²) in [6, 6.07) is 33.9. The molecule has 1 aromatic heterocycles. The van der Waals surface area contributed by atoms with E-state index in [-0.39, 0.29) is 5.82 Å². The van der Waals surface area contributed by atoms with Crippen LogP contribution in [0.4, 0.5) is 4.39 Å². The van der Waals surface area contributed by atoms with Gasteiger partial charge in [-0.3, -0.25) is 0 Å². The first-order chi connectivity index (χ1) is 13.3. The van der Waals surface area contributed by atoms with Crippen molar-refractivity contribution in [3.8, 4) is 16.8 Å². The molecule has 0 N–H and O–H groups in total. The van der Waals surface area contributed by atoms with E-state index in [0.717, 1.165) is 16.7 Å². The smallest absolute Gasteiger partial charge is 0.207 e. The summed E-state index contributed by atoms with van der Waals surface area (Å²) >= 11 is 0. The second kappa shape index (κ2) is 6.33. The Morgan fingerprint density at radius 2 is 1.04 bits per heavy atom. The molecule has 0 fully saturated rings. The van der Waals surface area contributed by atoms with Crippen molar-refractivity contribution < 1.29 is 8.96 Å². The lowest BCUT2D eigenvalue weighted by atomic mass is 9.95. The van der Waals surface area contributed by atoms with E-state index < -0.39 is 0 Å². The first-order valence-electron chi connectivity index (χ1n) is 9.00. The van der Waals surface area contributed by atoms with Crippen molar-refractivity contribution in [3.05, 3.63) is 109 Å². The summed E-state index contributed by atoms with van der Waals surface area (Å²) in [5.41, 5.74) is 5.56. The molecule has 0 amide bonds. The Kier molecular flexibility index (Phi) is 3.68. The summed E-state index contributed by atoms with van der Waals surface area (Å²) in [6.07, 6.45) is 0. The molecule has 0 aliphatic heterocycles. The zero-order valence-electron chi connectivity index (χ0n) is 14.6. The molecule has 2 heteroatoms. The molecular weight excluding hydrogens is 333 g/mol. The molecule has 0 bridgehead atoms. The van der Waals surface area contributed by atoms with Gasteiger partial charge in [-0.25, -0.2) is 4.39 Å². The first-order valence-corrected chi connectivity index (χ1v) is 9.00. The Morgan fingerprint density at radius 3 is 1.63 bits per heavy atom. The van der Waals surface area contributed by atoms with Gasteiger partial charge in [0.05, 0.1) is 10.8 Å². The molecule has 0 saturated carbocycles. The molecule has 5 aromatic rings. The number of aromatic nitrogens is 1. The second-order valence-corrected chi connectivity index (χ2v) is 6.59. The van der Waals surface area contributed by atoms with Gasteiger partial charge in [-0.05, 0) is 29.8 Å². The minimum absolute atomic E-state index is 0.228. The standard InChI is InChI=1S/C25H17FN/c26-19-14-16-20(17-15-19)27-23-12-6-4-10-21(23)25(18-8-2-1-3-9-18)22-11-5-7-13-24(22)27/h1-17H/q+1. The molecule has 1 nitrogen and oxygen atoms in total.